The van der Waals surface area contributed by atoms with Gasteiger partial charge in [-0.3, -0.25) is 19.7 Å². The SMILES string of the molecule is CCOC(=O)Cc1cc([N+](=O)[O-])c[nH]c1=O. The summed E-state index contributed by atoms with van der Waals surface area (Å²) in [6.45, 7) is 1.83. The summed E-state index contributed by atoms with van der Waals surface area (Å²) in [6.07, 6.45) is 0.710. The molecule has 0 unspecified atom stereocenters. The van der Waals surface area contributed by atoms with Crippen molar-refractivity contribution in [3.63, 3.8) is 0 Å². The van der Waals surface area contributed by atoms with Gasteiger partial charge in [0, 0.05) is 11.6 Å². The molecule has 0 spiro atoms. The van der Waals surface area contributed by atoms with Crippen LogP contribution in [-0.2, 0) is 16.0 Å². The largest absolute Gasteiger partial charge is 0.466 e. The molecule has 0 radical (unpaired) electrons. The van der Waals surface area contributed by atoms with Crippen molar-refractivity contribution in [3.05, 3.63) is 38.3 Å². The molecule has 0 aliphatic rings. The minimum absolute atomic E-state index is 0.0210. The normalized spacial score (nSPS) is 9.81. The Hall–Kier alpha value is -2.18. The molecule has 1 heterocycles. The number of nitrogens with one attached hydrogen (secondary N) is 1. The van der Waals surface area contributed by atoms with E-state index in [0.717, 1.165) is 12.3 Å². The predicted octanol–water partition coefficient (Wildman–Crippen LogP) is 0.389. The number of aromatic amines is 1. The Morgan fingerprint density at radius 1 is 1.62 bits per heavy atom. The second-order valence-corrected chi connectivity index (χ2v) is 2.95. The van der Waals surface area contributed by atoms with Crippen LogP contribution >= 0.6 is 0 Å². The lowest BCUT2D eigenvalue weighted by atomic mass is 10.2. The summed E-state index contributed by atoms with van der Waals surface area (Å²) in [7, 11) is 0. The molecule has 1 rings (SSSR count). The summed E-state index contributed by atoms with van der Waals surface area (Å²) >= 11 is 0. The van der Waals surface area contributed by atoms with Gasteiger partial charge >= 0.3 is 5.97 Å². The molecule has 1 N–H and O–H groups in total. The van der Waals surface area contributed by atoms with Crippen LogP contribution in [-0.4, -0.2) is 22.5 Å². The average Bonchev–Trinajstić information content (AvgIpc) is 2.21. The first-order valence-electron chi connectivity index (χ1n) is 4.56. The van der Waals surface area contributed by atoms with Crippen molar-refractivity contribution >= 4 is 11.7 Å². The Kier molecular flexibility index (Phi) is 3.76. The van der Waals surface area contributed by atoms with E-state index in [0.29, 0.717) is 0 Å². The Morgan fingerprint density at radius 2 is 2.31 bits per heavy atom. The number of carbonyl (C=O) groups excluding carboxylic acids is 1. The lowest BCUT2D eigenvalue weighted by Crippen LogP contribution is -2.18. The highest BCUT2D eigenvalue weighted by Crippen LogP contribution is 2.08. The number of aromatic nitrogens is 1. The maximum Gasteiger partial charge on any atom is 0.310 e. The Labute approximate surface area is 90.2 Å². The highest BCUT2D eigenvalue weighted by atomic mass is 16.6. The third-order valence-corrected chi connectivity index (χ3v) is 1.82. The number of rotatable bonds is 4. The standard InChI is InChI=1S/C9H10N2O5/c1-2-16-8(12)4-6-3-7(11(14)15)5-10-9(6)13/h3,5H,2,4H2,1H3,(H,10,13). The summed E-state index contributed by atoms with van der Waals surface area (Å²) in [5.74, 6) is -0.589. The van der Waals surface area contributed by atoms with E-state index in [1.165, 1.54) is 0 Å². The van der Waals surface area contributed by atoms with Crippen LogP contribution in [0.2, 0.25) is 0 Å². The number of H-pyrrole nitrogens is 1. The van der Waals surface area contributed by atoms with E-state index in [-0.39, 0.29) is 24.3 Å². The molecule has 0 aliphatic carbocycles. The molecule has 1 aromatic heterocycles. The van der Waals surface area contributed by atoms with E-state index in [2.05, 4.69) is 9.72 Å². The molecular weight excluding hydrogens is 216 g/mol. The third kappa shape index (κ3) is 2.91. The fraction of sp³-hybridized carbons (Fsp3) is 0.333. The maximum atomic E-state index is 11.2. The first-order valence-corrected chi connectivity index (χ1v) is 4.56. The number of esters is 1. The van der Waals surface area contributed by atoms with Gasteiger partial charge in [-0.1, -0.05) is 0 Å². The summed E-state index contributed by atoms with van der Waals surface area (Å²) in [4.78, 5) is 34.3. The van der Waals surface area contributed by atoms with Crippen LogP contribution in [0.25, 0.3) is 0 Å². The van der Waals surface area contributed by atoms with Gasteiger partial charge in [0.1, 0.15) is 0 Å². The van der Waals surface area contributed by atoms with Crippen molar-refractivity contribution < 1.29 is 14.5 Å². The van der Waals surface area contributed by atoms with E-state index < -0.39 is 16.5 Å². The number of hydrogen-bond acceptors (Lipinski definition) is 5. The summed E-state index contributed by atoms with van der Waals surface area (Å²) in [6, 6.07) is 1.07. The van der Waals surface area contributed by atoms with Crippen molar-refractivity contribution in [2.24, 2.45) is 0 Å². The Morgan fingerprint density at radius 3 is 2.88 bits per heavy atom. The van der Waals surface area contributed by atoms with Crippen LogP contribution < -0.4 is 5.56 Å². The summed E-state index contributed by atoms with van der Waals surface area (Å²) in [5, 5.41) is 10.4. The Balaban J connectivity index is 2.94. The van der Waals surface area contributed by atoms with Crippen LogP contribution in [0.4, 0.5) is 5.69 Å². The molecule has 0 amide bonds. The third-order valence-electron chi connectivity index (χ3n) is 1.82. The average molecular weight is 226 g/mol. The van der Waals surface area contributed by atoms with Crippen LogP contribution in [0.5, 0.6) is 0 Å². The summed E-state index contributed by atoms with van der Waals surface area (Å²) < 4.78 is 4.64. The number of ether oxygens (including phenoxy) is 1. The van der Waals surface area contributed by atoms with Crippen LogP contribution in [0.3, 0.4) is 0 Å². The van der Waals surface area contributed by atoms with Gasteiger partial charge in [0.15, 0.2) is 0 Å². The van der Waals surface area contributed by atoms with Crippen molar-refractivity contribution in [2.75, 3.05) is 6.61 Å². The van der Waals surface area contributed by atoms with E-state index >= 15 is 0 Å². The van der Waals surface area contributed by atoms with Crippen LogP contribution in [0, 0.1) is 10.1 Å². The van der Waals surface area contributed by atoms with Crippen molar-refractivity contribution in [1.29, 1.82) is 0 Å². The zero-order valence-corrected chi connectivity index (χ0v) is 8.56. The number of carbonyl (C=O) groups is 1. The highest BCUT2D eigenvalue weighted by molar-refractivity contribution is 5.72. The highest BCUT2D eigenvalue weighted by Gasteiger charge is 2.13. The Bertz CT molecular complexity index is 465. The summed E-state index contributed by atoms with van der Waals surface area (Å²) in [5.41, 5.74) is -0.773. The molecule has 0 saturated carbocycles. The predicted molar refractivity (Wildman–Crippen MR) is 54.1 cm³/mol. The van der Waals surface area contributed by atoms with Crippen LogP contribution in [0.15, 0.2) is 17.1 Å². The lowest BCUT2D eigenvalue weighted by molar-refractivity contribution is -0.385. The molecule has 16 heavy (non-hydrogen) atoms. The number of nitrogens with zero attached hydrogens (tertiary/aromatic N) is 1. The number of hydrogen-bond donors (Lipinski definition) is 1. The minimum atomic E-state index is -0.648. The second kappa shape index (κ2) is 5.06. The van der Waals surface area contributed by atoms with Gasteiger partial charge in [-0.05, 0) is 6.92 Å². The van der Waals surface area contributed by atoms with Gasteiger partial charge in [0.05, 0.1) is 24.1 Å². The van der Waals surface area contributed by atoms with Crippen LogP contribution in [0.1, 0.15) is 12.5 Å². The lowest BCUT2D eigenvalue weighted by Gasteiger charge is -2.00. The fourth-order valence-corrected chi connectivity index (χ4v) is 1.12. The number of pyridine rings is 1. The first-order chi connectivity index (χ1) is 7.54. The quantitative estimate of drug-likeness (QED) is 0.454. The molecule has 0 saturated heterocycles. The van der Waals surface area contributed by atoms with Gasteiger partial charge in [-0.25, -0.2) is 0 Å². The number of nitro groups is 1. The molecule has 86 valence electrons. The van der Waals surface area contributed by atoms with Gasteiger partial charge in [-0.15, -0.1) is 0 Å². The molecule has 1 aromatic rings. The topological polar surface area (TPSA) is 102 Å². The molecule has 7 nitrogen and oxygen atoms in total. The van der Waals surface area contributed by atoms with E-state index in [1.807, 2.05) is 0 Å². The molecule has 0 fully saturated rings. The first kappa shape index (κ1) is 11.9. The van der Waals surface area contributed by atoms with Crippen molar-refractivity contribution in [1.82, 2.24) is 4.98 Å². The van der Waals surface area contributed by atoms with E-state index in [9.17, 15) is 19.7 Å². The van der Waals surface area contributed by atoms with Gasteiger partial charge in [-0.2, -0.15) is 0 Å². The van der Waals surface area contributed by atoms with E-state index in [1.54, 1.807) is 6.92 Å². The van der Waals surface area contributed by atoms with Gasteiger partial charge in [0.25, 0.3) is 11.2 Å². The monoisotopic (exact) mass is 226 g/mol. The van der Waals surface area contributed by atoms with Gasteiger partial charge in [0.2, 0.25) is 0 Å². The van der Waals surface area contributed by atoms with E-state index in [4.69, 9.17) is 0 Å². The zero-order chi connectivity index (χ0) is 12.1. The molecule has 0 bridgehead atoms. The second-order valence-electron chi connectivity index (χ2n) is 2.95. The molecular formula is C9H10N2O5. The zero-order valence-electron chi connectivity index (χ0n) is 8.56. The fourth-order valence-electron chi connectivity index (χ4n) is 1.12. The minimum Gasteiger partial charge on any atom is -0.466 e. The maximum absolute atomic E-state index is 11.2. The molecule has 0 aromatic carbocycles. The van der Waals surface area contributed by atoms with Crippen molar-refractivity contribution in [2.45, 2.75) is 13.3 Å². The molecule has 7 heteroatoms. The van der Waals surface area contributed by atoms with Gasteiger partial charge < -0.3 is 9.72 Å². The molecule has 0 aliphatic heterocycles. The molecule has 0 atom stereocenters. The van der Waals surface area contributed by atoms with Crippen molar-refractivity contribution in [3.8, 4) is 0 Å². The smallest absolute Gasteiger partial charge is 0.310 e.